The van der Waals surface area contributed by atoms with Crippen molar-refractivity contribution in [2.45, 2.75) is 32.5 Å². The number of carbonyl (C=O) groups is 2. The number of fused-ring (bicyclic) bond motifs is 1. The summed E-state index contributed by atoms with van der Waals surface area (Å²) >= 11 is 1.67. The molecule has 148 valence electrons. The second-order valence-electron chi connectivity index (χ2n) is 7.36. The monoisotopic (exact) mass is 405 g/mol. The maximum Gasteiger partial charge on any atom is 0.310 e. The molecule has 4 rings (SSSR count). The van der Waals surface area contributed by atoms with E-state index in [1.54, 1.807) is 11.3 Å². The Kier molecular flexibility index (Phi) is 6.06. The Balaban J connectivity index is 1.42. The predicted molar refractivity (Wildman–Crippen MR) is 113 cm³/mol. The number of ether oxygens (including phenoxy) is 1. The van der Waals surface area contributed by atoms with E-state index in [2.05, 4.69) is 10.8 Å². The minimum Gasteiger partial charge on any atom is -0.461 e. The fourth-order valence-corrected chi connectivity index (χ4v) is 4.44. The average Bonchev–Trinajstić information content (AvgIpc) is 3.35. The van der Waals surface area contributed by atoms with Crippen molar-refractivity contribution in [2.24, 2.45) is 5.92 Å². The summed E-state index contributed by atoms with van der Waals surface area (Å²) in [4.78, 5) is 27.6. The molecule has 0 bridgehead atoms. The predicted octanol–water partition coefficient (Wildman–Crippen LogP) is 4.58. The van der Waals surface area contributed by atoms with Gasteiger partial charge in [-0.05, 0) is 39.4 Å². The molecule has 2 aromatic carbocycles. The largest absolute Gasteiger partial charge is 0.461 e. The number of nitrogens with zero attached hydrogens (tertiary/aromatic N) is 1. The smallest absolute Gasteiger partial charge is 0.310 e. The summed E-state index contributed by atoms with van der Waals surface area (Å²) in [5, 5.41) is 4.19. The molecule has 0 N–H and O–H groups in total. The third-order valence-electron chi connectivity index (χ3n) is 5.21. The summed E-state index contributed by atoms with van der Waals surface area (Å²) in [5.74, 6) is -0.811. The van der Waals surface area contributed by atoms with Gasteiger partial charge in [-0.2, -0.15) is 11.3 Å². The van der Waals surface area contributed by atoms with Crippen LogP contribution in [0.3, 0.4) is 0 Å². The van der Waals surface area contributed by atoms with E-state index in [0.29, 0.717) is 19.5 Å². The Bertz CT molecular complexity index is 948. The summed E-state index contributed by atoms with van der Waals surface area (Å²) in [6.07, 6.45) is 0.658. The molecule has 29 heavy (non-hydrogen) atoms. The van der Waals surface area contributed by atoms with Gasteiger partial charge in [-0.1, -0.05) is 60.7 Å². The molecule has 3 aromatic rings. The van der Waals surface area contributed by atoms with Gasteiger partial charge in [-0.3, -0.25) is 9.59 Å². The molecular formula is C24H23NO3S. The number of hydrogen-bond donors (Lipinski definition) is 0. The van der Waals surface area contributed by atoms with E-state index < -0.39 is 5.92 Å². The van der Waals surface area contributed by atoms with Gasteiger partial charge in [0.25, 0.3) is 0 Å². The second kappa shape index (κ2) is 9.05. The molecule has 0 spiro atoms. The van der Waals surface area contributed by atoms with E-state index in [-0.39, 0.29) is 24.9 Å². The number of esters is 1. The normalized spacial score (nSPS) is 13.7. The van der Waals surface area contributed by atoms with E-state index in [4.69, 9.17) is 4.74 Å². The third kappa shape index (κ3) is 4.93. The molecule has 0 saturated carbocycles. The lowest BCUT2D eigenvalue weighted by Crippen LogP contribution is -2.31. The molecule has 1 aliphatic heterocycles. The van der Waals surface area contributed by atoms with Crippen LogP contribution in [0.25, 0.3) is 0 Å². The lowest BCUT2D eigenvalue weighted by Gasteiger charge is -2.20. The van der Waals surface area contributed by atoms with E-state index in [9.17, 15) is 9.59 Å². The number of amides is 1. The van der Waals surface area contributed by atoms with Gasteiger partial charge in [0, 0.05) is 19.5 Å². The van der Waals surface area contributed by atoms with E-state index >= 15 is 0 Å². The highest BCUT2D eigenvalue weighted by Crippen LogP contribution is 2.27. The molecule has 1 atom stereocenters. The second-order valence-corrected chi connectivity index (χ2v) is 8.10. The summed E-state index contributed by atoms with van der Waals surface area (Å²) in [7, 11) is 0. The summed E-state index contributed by atoms with van der Waals surface area (Å²) < 4.78 is 5.56. The number of rotatable bonds is 7. The number of benzene rings is 2. The van der Waals surface area contributed by atoms with Crippen molar-refractivity contribution in [2.75, 3.05) is 0 Å². The van der Waals surface area contributed by atoms with Crippen LogP contribution in [0.1, 0.15) is 28.7 Å². The first kappa shape index (κ1) is 19.4. The van der Waals surface area contributed by atoms with E-state index in [0.717, 1.165) is 11.1 Å². The Morgan fingerprint density at radius 3 is 2.10 bits per heavy atom. The van der Waals surface area contributed by atoms with Crippen LogP contribution in [-0.2, 0) is 40.4 Å². The van der Waals surface area contributed by atoms with E-state index in [1.165, 1.54) is 11.1 Å². The van der Waals surface area contributed by atoms with Crippen molar-refractivity contribution >= 4 is 23.2 Å². The van der Waals surface area contributed by atoms with Crippen molar-refractivity contribution in [1.82, 2.24) is 4.90 Å². The topological polar surface area (TPSA) is 46.6 Å². The van der Waals surface area contributed by atoms with Crippen LogP contribution in [0.5, 0.6) is 0 Å². The number of carbonyl (C=O) groups excluding carboxylic acids is 2. The number of thiophene rings is 1. The van der Waals surface area contributed by atoms with Gasteiger partial charge >= 0.3 is 5.97 Å². The first-order valence-electron chi connectivity index (χ1n) is 9.75. The van der Waals surface area contributed by atoms with Crippen LogP contribution in [0.2, 0.25) is 0 Å². The van der Waals surface area contributed by atoms with Crippen LogP contribution in [-0.4, -0.2) is 16.8 Å². The summed E-state index contributed by atoms with van der Waals surface area (Å²) in [5.41, 5.74) is 4.40. The van der Waals surface area contributed by atoms with Crippen LogP contribution in [0.4, 0.5) is 0 Å². The van der Waals surface area contributed by atoms with Gasteiger partial charge in [-0.15, -0.1) is 0 Å². The molecule has 0 fully saturated rings. The molecule has 5 heteroatoms. The standard InChI is InChI=1S/C24H23NO3S/c26-23(25-13-21-16-29-17-22(21)14-25)12-20(11-18-7-3-1-4-8-18)24(27)28-15-19-9-5-2-6-10-19/h1-10,16-17,20H,11-15H2/t20-/m0/s1. The van der Waals surface area contributed by atoms with Crippen LogP contribution in [0.15, 0.2) is 71.4 Å². The van der Waals surface area contributed by atoms with Crippen molar-refractivity contribution in [3.8, 4) is 0 Å². The van der Waals surface area contributed by atoms with Gasteiger partial charge < -0.3 is 9.64 Å². The molecule has 0 unspecified atom stereocenters. The van der Waals surface area contributed by atoms with Gasteiger partial charge in [0.1, 0.15) is 6.61 Å². The lowest BCUT2D eigenvalue weighted by atomic mass is 9.95. The van der Waals surface area contributed by atoms with Crippen LogP contribution >= 0.6 is 11.3 Å². The fourth-order valence-electron chi connectivity index (χ4n) is 3.59. The van der Waals surface area contributed by atoms with Gasteiger partial charge in [0.2, 0.25) is 5.91 Å². The molecule has 1 amide bonds. The van der Waals surface area contributed by atoms with Gasteiger partial charge in [0.15, 0.2) is 0 Å². The maximum atomic E-state index is 12.9. The van der Waals surface area contributed by atoms with E-state index in [1.807, 2.05) is 65.6 Å². The van der Waals surface area contributed by atoms with Crippen molar-refractivity contribution in [3.63, 3.8) is 0 Å². The molecule has 1 aliphatic rings. The maximum absolute atomic E-state index is 12.9. The minimum atomic E-state index is -0.494. The van der Waals surface area contributed by atoms with Crippen LogP contribution in [0, 0.1) is 5.92 Å². The highest BCUT2D eigenvalue weighted by Gasteiger charge is 2.29. The molecule has 1 aromatic heterocycles. The van der Waals surface area contributed by atoms with Gasteiger partial charge in [0.05, 0.1) is 5.92 Å². The summed E-state index contributed by atoms with van der Waals surface area (Å²) in [6.45, 7) is 1.49. The Morgan fingerprint density at radius 1 is 0.897 bits per heavy atom. The zero-order valence-corrected chi connectivity index (χ0v) is 16.9. The fraction of sp³-hybridized carbons (Fsp3) is 0.250. The lowest BCUT2D eigenvalue weighted by molar-refractivity contribution is -0.152. The highest BCUT2D eigenvalue weighted by atomic mass is 32.1. The first-order chi connectivity index (χ1) is 14.2. The Morgan fingerprint density at radius 2 is 1.48 bits per heavy atom. The Labute approximate surface area is 174 Å². The SMILES string of the molecule is O=C(OCc1ccccc1)[C@H](CC(=O)N1Cc2cscc2C1)Cc1ccccc1. The van der Waals surface area contributed by atoms with Crippen LogP contribution < -0.4 is 0 Å². The van der Waals surface area contributed by atoms with Gasteiger partial charge in [-0.25, -0.2) is 0 Å². The minimum absolute atomic E-state index is 0.00351. The van der Waals surface area contributed by atoms with Crippen molar-refractivity contribution in [1.29, 1.82) is 0 Å². The average molecular weight is 406 g/mol. The number of hydrogen-bond acceptors (Lipinski definition) is 4. The molecule has 0 aliphatic carbocycles. The molecule has 0 saturated heterocycles. The highest BCUT2D eigenvalue weighted by molar-refractivity contribution is 7.08. The summed E-state index contributed by atoms with van der Waals surface area (Å²) in [6, 6.07) is 19.4. The molecule has 0 radical (unpaired) electrons. The quantitative estimate of drug-likeness (QED) is 0.541. The third-order valence-corrected chi connectivity index (χ3v) is 6.05. The van der Waals surface area contributed by atoms with Crippen molar-refractivity contribution in [3.05, 3.63) is 93.7 Å². The van der Waals surface area contributed by atoms with Crippen molar-refractivity contribution < 1.29 is 14.3 Å². The molecule has 4 nitrogen and oxygen atoms in total. The zero-order chi connectivity index (χ0) is 20.1. The molecule has 2 heterocycles. The Hall–Kier alpha value is -2.92. The molecular weight excluding hydrogens is 382 g/mol. The zero-order valence-electron chi connectivity index (χ0n) is 16.1. The first-order valence-corrected chi connectivity index (χ1v) is 10.7.